The number of hydrogen-bond donors (Lipinski definition) is 1. The second-order valence-corrected chi connectivity index (χ2v) is 9.59. The van der Waals surface area contributed by atoms with E-state index in [1.54, 1.807) is 25.1 Å². The third kappa shape index (κ3) is 5.17. The average Bonchev–Trinajstić information content (AvgIpc) is 3.17. The van der Waals surface area contributed by atoms with E-state index in [-0.39, 0.29) is 21.3 Å². The highest BCUT2D eigenvalue weighted by Crippen LogP contribution is 2.40. The lowest BCUT2D eigenvalue weighted by Gasteiger charge is -2.27. The monoisotopic (exact) mass is 564 g/mol. The maximum atomic E-state index is 13.5. The van der Waals surface area contributed by atoms with Gasteiger partial charge in [0.2, 0.25) is 5.91 Å². The molecule has 1 heterocycles. The van der Waals surface area contributed by atoms with Gasteiger partial charge in [0.25, 0.3) is 11.6 Å². The van der Waals surface area contributed by atoms with Crippen LogP contribution in [0.15, 0.2) is 65.8 Å². The number of nitrogens with one attached hydrogen (secondary N) is 1. The lowest BCUT2D eigenvalue weighted by Crippen LogP contribution is -2.36. The summed E-state index contributed by atoms with van der Waals surface area (Å²) < 4.78 is 0. The first-order valence-electron chi connectivity index (χ1n) is 10.4. The molecule has 1 N–H and O–H groups in total. The first-order chi connectivity index (χ1) is 17.1. The topological polar surface area (TPSA) is 105 Å². The molecule has 3 aromatic carbocycles. The summed E-state index contributed by atoms with van der Waals surface area (Å²) in [4.78, 5) is 37.9. The molecule has 0 saturated carbocycles. The number of hydrogen-bond acceptors (Lipinski definition) is 5. The van der Waals surface area contributed by atoms with Crippen LogP contribution in [0, 0.1) is 16.0 Å². The highest BCUT2D eigenvalue weighted by atomic mass is 35.5. The number of hydrazone groups is 1. The molecular weight excluding hydrogens is 550 g/mol. The number of nitrogens with zero attached hydrogens (tertiary/aromatic N) is 3. The maximum Gasteiger partial charge on any atom is 0.276 e. The van der Waals surface area contributed by atoms with Crippen molar-refractivity contribution in [3.8, 4) is 0 Å². The lowest BCUT2D eigenvalue weighted by molar-refractivity contribution is -0.385. The number of carbonyl (C=O) groups is 2. The summed E-state index contributed by atoms with van der Waals surface area (Å²) >= 11 is 24.4. The number of rotatable bonds is 5. The number of amides is 2. The Hall–Kier alpha value is -3.17. The minimum absolute atomic E-state index is 0.0963. The van der Waals surface area contributed by atoms with Gasteiger partial charge in [0.15, 0.2) is 0 Å². The van der Waals surface area contributed by atoms with Gasteiger partial charge in [-0.15, -0.1) is 0 Å². The van der Waals surface area contributed by atoms with Crippen molar-refractivity contribution in [2.24, 2.45) is 11.0 Å². The van der Waals surface area contributed by atoms with E-state index in [4.69, 9.17) is 46.4 Å². The smallest absolute Gasteiger partial charge is 0.276 e. The van der Waals surface area contributed by atoms with Crippen LogP contribution in [-0.2, 0) is 4.79 Å². The van der Waals surface area contributed by atoms with Crippen LogP contribution in [0.3, 0.4) is 0 Å². The molecule has 2 atom stereocenters. The van der Waals surface area contributed by atoms with Gasteiger partial charge in [0.1, 0.15) is 5.92 Å². The van der Waals surface area contributed by atoms with E-state index < -0.39 is 28.7 Å². The van der Waals surface area contributed by atoms with E-state index in [1.807, 2.05) is 0 Å². The van der Waals surface area contributed by atoms with Crippen molar-refractivity contribution in [3.63, 3.8) is 0 Å². The summed E-state index contributed by atoms with van der Waals surface area (Å²) in [6.45, 7) is 1.59. The number of carbonyl (C=O) groups excluding carboxylic acids is 2. The van der Waals surface area contributed by atoms with Gasteiger partial charge < -0.3 is 5.32 Å². The first kappa shape index (κ1) is 25.9. The van der Waals surface area contributed by atoms with Gasteiger partial charge in [-0.3, -0.25) is 19.7 Å². The summed E-state index contributed by atoms with van der Waals surface area (Å²) in [5.41, 5.74) is 0.865. The molecule has 1 aliphatic rings. The Balaban J connectivity index is 1.77. The van der Waals surface area contributed by atoms with Crippen molar-refractivity contribution in [2.45, 2.75) is 13.0 Å². The number of nitro benzene ring substituents is 1. The highest BCUT2D eigenvalue weighted by Gasteiger charge is 2.45. The number of benzene rings is 3. The normalized spacial score (nSPS) is 17.0. The van der Waals surface area contributed by atoms with Gasteiger partial charge >= 0.3 is 0 Å². The predicted molar refractivity (Wildman–Crippen MR) is 140 cm³/mol. The zero-order valence-electron chi connectivity index (χ0n) is 18.4. The average molecular weight is 566 g/mol. The highest BCUT2D eigenvalue weighted by molar-refractivity contribution is 6.37. The summed E-state index contributed by atoms with van der Waals surface area (Å²) in [5, 5.41) is 20.7. The standard InChI is InChI=1S/C24H16Cl4N4O4/c1-12-21(23(33)29-20-8-6-15(26)11-19(20)28)22(13-3-2-4-16(9-13)32(35)36)31(30-12)24(34)17-7-5-14(25)10-18(17)27/h2-11,21-22H,1H3,(H,29,33). The van der Waals surface area contributed by atoms with Crippen molar-refractivity contribution in [1.29, 1.82) is 0 Å². The molecule has 0 saturated heterocycles. The molecule has 0 aromatic heterocycles. The molecule has 2 amide bonds. The van der Waals surface area contributed by atoms with Gasteiger partial charge in [0, 0.05) is 22.2 Å². The minimum Gasteiger partial charge on any atom is -0.324 e. The number of halogens is 4. The van der Waals surface area contributed by atoms with Crippen LogP contribution in [0.4, 0.5) is 11.4 Å². The number of non-ortho nitro benzene ring substituents is 1. The van der Waals surface area contributed by atoms with Crippen molar-refractivity contribution >= 4 is 75.3 Å². The number of nitro groups is 1. The molecule has 0 fully saturated rings. The molecule has 0 aliphatic carbocycles. The predicted octanol–water partition coefficient (Wildman–Crippen LogP) is 7.04. The second-order valence-electron chi connectivity index (χ2n) is 7.90. The molecule has 184 valence electrons. The van der Waals surface area contributed by atoms with E-state index in [0.717, 1.165) is 5.01 Å². The SMILES string of the molecule is CC1=NN(C(=O)c2ccc(Cl)cc2Cl)C(c2cccc([N+](=O)[O-])c2)C1C(=O)Nc1ccc(Cl)cc1Cl. The molecular formula is C24H16Cl4N4O4. The lowest BCUT2D eigenvalue weighted by atomic mass is 9.89. The van der Waals surface area contributed by atoms with E-state index in [1.165, 1.54) is 42.5 Å². The minimum atomic E-state index is -1.00. The van der Waals surface area contributed by atoms with Crippen LogP contribution < -0.4 is 5.32 Å². The summed E-state index contributed by atoms with van der Waals surface area (Å²) in [5.74, 6) is -2.12. The van der Waals surface area contributed by atoms with Gasteiger partial charge in [-0.25, -0.2) is 5.01 Å². The first-order valence-corrected chi connectivity index (χ1v) is 11.9. The quantitative estimate of drug-likeness (QED) is 0.264. The fourth-order valence-electron chi connectivity index (χ4n) is 3.91. The zero-order chi connectivity index (χ0) is 26.1. The van der Waals surface area contributed by atoms with E-state index in [0.29, 0.717) is 27.0 Å². The van der Waals surface area contributed by atoms with Crippen LogP contribution in [0.5, 0.6) is 0 Å². The van der Waals surface area contributed by atoms with Crippen LogP contribution >= 0.6 is 46.4 Å². The molecule has 0 radical (unpaired) electrons. The molecule has 12 heteroatoms. The van der Waals surface area contributed by atoms with Crippen LogP contribution in [-0.4, -0.2) is 27.5 Å². The van der Waals surface area contributed by atoms with Crippen molar-refractivity contribution < 1.29 is 14.5 Å². The van der Waals surface area contributed by atoms with Gasteiger partial charge in [0.05, 0.1) is 38.0 Å². The van der Waals surface area contributed by atoms with Crippen molar-refractivity contribution in [3.05, 3.63) is 102 Å². The maximum absolute atomic E-state index is 13.5. The Bertz CT molecular complexity index is 1430. The summed E-state index contributed by atoms with van der Waals surface area (Å²) in [7, 11) is 0. The van der Waals surface area contributed by atoms with E-state index >= 15 is 0 Å². The van der Waals surface area contributed by atoms with Crippen molar-refractivity contribution in [1.82, 2.24) is 5.01 Å². The molecule has 4 rings (SSSR count). The largest absolute Gasteiger partial charge is 0.324 e. The van der Waals surface area contributed by atoms with Crippen LogP contribution in [0.2, 0.25) is 20.1 Å². The van der Waals surface area contributed by atoms with Crippen molar-refractivity contribution in [2.75, 3.05) is 5.32 Å². The van der Waals surface area contributed by atoms with Gasteiger partial charge in [-0.1, -0.05) is 58.5 Å². The Kier molecular flexibility index (Phi) is 7.51. The fraction of sp³-hybridized carbons (Fsp3) is 0.125. The third-order valence-electron chi connectivity index (χ3n) is 5.56. The Morgan fingerprint density at radius 1 is 0.972 bits per heavy atom. The van der Waals surface area contributed by atoms with Gasteiger partial charge in [-0.05, 0) is 48.9 Å². The molecule has 8 nitrogen and oxygen atoms in total. The molecule has 1 aliphatic heterocycles. The summed E-state index contributed by atoms with van der Waals surface area (Å²) in [6.07, 6.45) is 0. The molecule has 36 heavy (non-hydrogen) atoms. The third-order valence-corrected chi connectivity index (χ3v) is 6.65. The molecule has 2 unspecified atom stereocenters. The fourth-order valence-corrected chi connectivity index (χ4v) is 4.86. The Morgan fingerprint density at radius 2 is 1.64 bits per heavy atom. The zero-order valence-corrected chi connectivity index (χ0v) is 21.4. The second kappa shape index (κ2) is 10.4. The summed E-state index contributed by atoms with van der Waals surface area (Å²) in [6, 6.07) is 13.6. The molecule has 0 bridgehead atoms. The van der Waals surface area contributed by atoms with E-state index in [2.05, 4.69) is 10.4 Å². The Morgan fingerprint density at radius 3 is 2.28 bits per heavy atom. The van der Waals surface area contributed by atoms with Gasteiger partial charge in [-0.2, -0.15) is 5.10 Å². The Labute approximate surface area is 225 Å². The number of anilines is 1. The van der Waals surface area contributed by atoms with E-state index in [9.17, 15) is 19.7 Å². The van der Waals surface area contributed by atoms with Crippen LogP contribution in [0.25, 0.3) is 0 Å². The molecule has 3 aromatic rings. The van der Waals surface area contributed by atoms with Crippen LogP contribution in [0.1, 0.15) is 28.9 Å². The molecule has 0 spiro atoms.